The van der Waals surface area contributed by atoms with Crippen LogP contribution in [0.15, 0.2) is 0 Å². The van der Waals surface area contributed by atoms with Crippen molar-refractivity contribution in [2.75, 3.05) is 32.4 Å². The molecule has 0 radical (unpaired) electrons. The van der Waals surface area contributed by atoms with E-state index in [9.17, 15) is 8.42 Å². The molecule has 0 atom stereocenters. The van der Waals surface area contributed by atoms with Crippen molar-refractivity contribution in [2.45, 2.75) is 0 Å². The smallest absolute Gasteiger partial charge is 0.211 e. The number of rotatable bonds is 1. The van der Waals surface area contributed by atoms with Gasteiger partial charge in [-0.3, -0.25) is 0 Å². The maximum absolute atomic E-state index is 10.9. The molecule has 1 N–H and O–H groups in total. The van der Waals surface area contributed by atoms with Crippen molar-refractivity contribution < 1.29 is 20.8 Å². The molecular weight excluding hydrogens is 188 g/mol. The van der Waals surface area contributed by atoms with Gasteiger partial charge >= 0.3 is 0 Å². The molecule has 0 aromatic rings. The van der Waals surface area contributed by atoms with Crippen LogP contribution in [0.4, 0.5) is 0 Å². The topological polar surface area (TPSA) is 49.4 Å². The van der Waals surface area contributed by atoms with Crippen molar-refractivity contribution >= 4 is 10.0 Å². The molecule has 1 saturated heterocycles. The highest BCUT2D eigenvalue weighted by molar-refractivity contribution is 7.88. The average molecular weight is 200 g/mol. The largest absolute Gasteiger partial charge is 1.00 e. The van der Waals surface area contributed by atoms with Crippen LogP contribution in [0, 0.1) is 0 Å². The highest BCUT2D eigenvalue weighted by Gasteiger charge is 2.17. The number of sulfonamides is 1. The zero-order valence-corrected chi connectivity index (χ0v) is 7.95. The van der Waals surface area contributed by atoms with Crippen LogP contribution in [-0.4, -0.2) is 45.2 Å². The molecule has 11 heavy (non-hydrogen) atoms. The third-order valence-corrected chi connectivity index (χ3v) is 2.85. The second kappa shape index (κ2) is 4.25. The first-order valence-electron chi connectivity index (χ1n) is 3.26. The highest BCUT2D eigenvalue weighted by Crippen LogP contribution is 1.97. The Bertz CT molecular complexity index is 199. The van der Waals surface area contributed by atoms with Crippen molar-refractivity contribution in [3.05, 3.63) is 0 Å². The second-order valence-electron chi connectivity index (χ2n) is 2.41. The minimum atomic E-state index is -2.93. The normalized spacial score (nSPS) is 20.8. The SMILES string of the molecule is CS(=O)(=O)N1CCNCC1.[Cl-]. The Morgan fingerprint density at radius 2 is 1.73 bits per heavy atom. The number of halogens is 1. The molecule has 0 spiro atoms. The Morgan fingerprint density at radius 3 is 2.00 bits per heavy atom. The fourth-order valence-corrected chi connectivity index (χ4v) is 1.82. The molecule has 6 heteroatoms. The molecule has 1 aliphatic rings. The first-order chi connectivity index (χ1) is 4.61. The molecule has 0 aromatic heterocycles. The average Bonchev–Trinajstić information content (AvgIpc) is 1.88. The minimum absolute atomic E-state index is 0. The Morgan fingerprint density at radius 1 is 1.27 bits per heavy atom. The van der Waals surface area contributed by atoms with Crippen molar-refractivity contribution in [3.8, 4) is 0 Å². The van der Waals surface area contributed by atoms with Crippen LogP contribution in [0.5, 0.6) is 0 Å². The first-order valence-corrected chi connectivity index (χ1v) is 5.11. The van der Waals surface area contributed by atoms with Crippen molar-refractivity contribution in [3.63, 3.8) is 0 Å². The van der Waals surface area contributed by atoms with E-state index in [1.165, 1.54) is 10.6 Å². The molecule has 68 valence electrons. The van der Waals surface area contributed by atoms with E-state index >= 15 is 0 Å². The van der Waals surface area contributed by atoms with E-state index in [-0.39, 0.29) is 12.4 Å². The van der Waals surface area contributed by atoms with E-state index in [1.54, 1.807) is 0 Å². The Balaban J connectivity index is 0.000001000. The zero-order chi connectivity index (χ0) is 7.61. The molecular formula is C5H12ClN2O2S-. The monoisotopic (exact) mass is 199 g/mol. The summed E-state index contributed by atoms with van der Waals surface area (Å²) in [5.41, 5.74) is 0. The third-order valence-electron chi connectivity index (χ3n) is 1.54. The summed E-state index contributed by atoms with van der Waals surface area (Å²) in [5, 5.41) is 3.08. The summed E-state index contributed by atoms with van der Waals surface area (Å²) in [6.45, 7) is 2.76. The fourth-order valence-electron chi connectivity index (χ4n) is 0.976. The van der Waals surface area contributed by atoms with Crippen LogP contribution in [0.25, 0.3) is 0 Å². The van der Waals surface area contributed by atoms with Gasteiger partial charge in [0.15, 0.2) is 0 Å². The lowest BCUT2D eigenvalue weighted by Gasteiger charge is -2.24. The van der Waals surface area contributed by atoms with Gasteiger partial charge in [0.2, 0.25) is 10.0 Å². The van der Waals surface area contributed by atoms with Crippen LogP contribution in [0.2, 0.25) is 0 Å². The molecule has 1 aliphatic heterocycles. The molecule has 4 nitrogen and oxygen atoms in total. The first kappa shape index (κ1) is 11.2. The molecule has 0 amide bonds. The van der Waals surface area contributed by atoms with Gasteiger partial charge in [-0.05, 0) is 0 Å². The maximum atomic E-state index is 10.9. The summed E-state index contributed by atoms with van der Waals surface area (Å²) in [6.07, 6.45) is 1.25. The molecule has 1 fully saturated rings. The van der Waals surface area contributed by atoms with Gasteiger partial charge in [0.05, 0.1) is 6.26 Å². The van der Waals surface area contributed by atoms with Gasteiger partial charge < -0.3 is 17.7 Å². The Kier molecular flexibility index (Phi) is 4.31. The van der Waals surface area contributed by atoms with Crippen LogP contribution >= 0.6 is 0 Å². The van der Waals surface area contributed by atoms with Gasteiger partial charge in [0, 0.05) is 26.2 Å². The predicted octanol–water partition coefficient (Wildman–Crippen LogP) is -4.14. The number of nitrogens with zero attached hydrogens (tertiary/aromatic N) is 1. The van der Waals surface area contributed by atoms with Crippen LogP contribution in [0.1, 0.15) is 0 Å². The van der Waals surface area contributed by atoms with E-state index in [2.05, 4.69) is 5.32 Å². The van der Waals surface area contributed by atoms with E-state index in [0.717, 1.165) is 13.1 Å². The second-order valence-corrected chi connectivity index (χ2v) is 4.39. The quantitative estimate of drug-likeness (QED) is 0.467. The van der Waals surface area contributed by atoms with E-state index < -0.39 is 10.0 Å². The van der Waals surface area contributed by atoms with Crippen molar-refractivity contribution in [1.29, 1.82) is 0 Å². The number of hydrogen-bond donors (Lipinski definition) is 1. The van der Waals surface area contributed by atoms with Crippen LogP contribution in [0.3, 0.4) is 0 Å². The van der Waals surface area contributed by atoms with Crippen LogP contribution in [-0.2, 0) is 10.0 Å². The minimum Gasteiger partial charge on any atom is -1.00 e. The van der Waals surface area contributed by atoms with Gasteiger partial charge in [0.25, 0.3) is 0 Å². The third kappa shape index (κ3) is 3.37. The molecule has 0 bridgehead atoms. The number of hydrogen-bond acceptors (Lipinski definition) is 3. The van der Waals surface area contributed by atoms with E-state index in [4.69, 9.17) is 0 Å². The van der Waals surface area contributed by atoms with E-state index in [1.807, 2.05) is 0 Å². The highest BCUT2D eigenvalue weighted by atomic mass is 35.5. The molecule has 1 rings (SSSR count). The van der Waals surface area contributed by atoms with Gasteiger partial charge in [0.1, 0.15) is 0 Å². The summed E-state index contributed by atoms with van der Waals surface area (Å²) in [5.74, 6) is 0. The van der Waals surface area contributed by atoms with Gasteiger partial charge in [-0.15, -0.1) is 0 Å². The van der Waals surface area contributed by atoms with Gasteiger partial charge in [-0.25, -0.2) is 8.42 Å². The molecule has 0 aliphatic carbocycles. The summed E-state index contributed by atoms with van der Waals surface area (Å²) >= 11 is 0. The summed E-state index contributed by atoms with van der Waals surface area (Å²) in [4.78, 5) is 0. The molecule has 0 unspecified atom stereocenters. The lowest BCUT2D eigenvalue weighted by Crippen LogP contribution is -3.00. The van der Waals surface area contributed by atoms with Gasteiger partial charge in [-0.1, -0.05) is 0 Å². The predicted molar refractivity (Wildman–Crippen MR) is 39.3 cm³/mol. The Hall–Kier alpha value is 0.160. The summed E-state index contributed by atoms with van der Waals surface area (Å²) < 4.78 is 23.3. The maximum Gasteiger partial charge on any atom is 0.211 e. The van der Waals surface area contributed by atoms with E-state index in [0.29, 0.717) is 13.1 Å². The van der Waals surface area contributed by atoms with Crippen LogP contribution < -0.4 is 17.7 Å². The lowest BCUT2D eigenvalue weighted by molar-refractivity contribution is -0.00000481. The fraction of sp³-hybridized carbons (Fsp3) is 1.00. The summed E-state index contributed by atoms with van der Waals surface area (Å²) in [6, 6.07) is 0. The lowest BCUT2D eigenvalue weighted by atomic mass is 10.4. The van der Waals surface area contributed by atoms with Gasteiger partial charge in [-0.2, -0.15) is 4.31 Å². The Labute approximate surface area is 73.4 Å². The molecule has 0 aromatic carbocycles. The number of nitrogens with one attached hydrogen (secondary N) is 1. The molecule has 1 heterocycles. The zero-order valence-electron chi connectivity index (χ0n) is 6.38. The standard InChI is InChI=1S/C5H12N2O2S.ClH/c1-10(8,9)7-4-2-6-3-5-7;/h6H,2-5H2,1H3;1H/p-1. The van der Waals surface area contributed by atoms with Crippen molar-refractivity contribution in [1.82, 2.24) is 9.62 Å². The number of piperazine rings is 1. The van der Waals surface area contributed by atoms with Crippen molar-refractivity contribution in [2.24, 2.45) is 0 Å². The summed E-state index contributed by atoms with van der Waals surface area (Å²) in [7, 11) is -2.93. The molecule has 0 saturated carbocycles.